The SMILES string of the molecule is Cc1nccn1CCCN1CCC2(CCCO2)CCC1=O. The Morgan fingerprint density at radius 3 is 2.95 bits per heavy atom. The Morgan fingerprint density at radius 1 is 1.33 bits per heavy atom. The number of ether oxygens (including phenoxy) is 1. The van der Waals surface area contributed by atoms with Crippen LogP contribution in [0.1, 0.15) is 44.3 Å². The van der Waals surface area contributed by atoms with E-state index in [1.165, 1.54) is 0 Å². The number of rotatable bonds is 4. The molecule has 116 valence electrons. The number of imidazole rings is 1. The molecule has 2 aliphatic heterocycles. The monoisotopic (exact) mass is 291 g/mol. The molecule has 2 saturated heterocycles. The highest BCUT2D eigenvalue weighted by Gasteiger charge is 2.38. The van der Waals surface area contributed by atoms with E-state index in [1.54, 1.807) is 0 Å². The fourth-order valence-corrected chi connectivity index (χ4v) is 3.54. The number of carbonyl (C=O) groups excluding carboxylic acids is 1. The van der Waals surface area contributed by atoms with Crippen molar-refractivity contribution in [3.63, 3.8) is 0 Å². The molecule has 1 aromatic heterocycles. The third-order valence-electron chi connectivity index (χ3n) is 4.92. The van der Waals surface area contributed by atoms with Gasteiger partial charge < -0.3 is 14.2 Å². The van der Waals surface area contributed by atoms with Gasteiger partial charge >= 0.3 is 0 Å². The van der Waals surface area contributed by atoms with Gasteiger partial charge in [0, 0.05) is 45.1 Å². The normalized spacial score (nSPS) is 26.5. The van der Waals surface area contributed by atoms with Gasteiger partial charge in [-0.3, -0.25) is 4.79 Å². The van der Waals surface area contributed by atoms with Crippen LogP contribution in [0.25, 0.3) is 0 Å². The lowest BCUT2D eigenvalue weighted by Gasteiger charge is -2.26. The lowest BCUT2D eigenvalue weighted by Crippen LogP contribution is -2.33. The average molecular weight is 291 g/mol. The molecule has 0 bridgehead atoms. The largest absolute Gasteiger partial charge is 0.375 e. The first-order valence-electron chi connectivity index (χ1n) is 8.08. The van der Waals surface area contributed by atoms with Gasteiger partial charge in [0.25, 0.3) is 0 Å². The molecule has 0 saturated carbocycles. The summed E-state index contributed by atoms with van der Waals surface area (Å²) < 4.78 is 8.09. The molecule has 1 unspecified atom stereocenters. The predicted molar refractivity (Wildman–Crippen MR) is 79.9 cm³/mol. The number of hydrogen-bond acceptors (Lipinski definition) is 3. The minimum Gasteiger partial charge on any atom is -0.375 e. The van der Waals surface area contributed by atoms with Crippen LogP contribution in [0.3, 0.4) is 0 Å². The maximum atomic E-state index is 12.3. The van der Waals surface area contributed by atoms with Gasteiger partial charge in [-0.15, -0.1) is 0 Å². The van der Waals surface area contributed by atoms with Gasteiger partial charge in [0.05, 0.1) is 5.60 Å². The van der Waals surface area contributed by atoms with Crippen molar-refractivity contribution in [2.24, 2.45) is 0 Å². The Kier molecular flexibility index (Phi) is 4.29. The van der Waals surface area contributed by atoms with E-state index >= 15 is 0 Å². The molecule has 2 fully saturated rings. The molecule has 5 heteroatoms. The molecule has 0 aliphatic carbocycles. The van der Waals surface area contributed by atoms with E-state index in [0.29, 0.717) is 12.3 Å². The van der Waals surface area contributed by atoms with Crippen LogP contribution in [0.15, 0.2) is 12.4 Å². The Labute approximate surface area is 126 Å². The summed E-state index contributed by atoms with van der Waals surface area (Å²) in [6.07, 6.45) is 9.64. The zero-order valence-corrected chi connectivity index (χ0v) is 12.9. The number of aryl methyl sites for hydroxylation is 2. The van der Waals surface area contributed by atoms with Crippen molar-refractivity contribution in [3.05, 3.63) is 18.2 Å². The van der Waals surface area contributed by atoms with E-state index in [1.807, 2.05) is 24.2 Å². The van der Waals surface area contributed by atoms with Gasteiger partial charge in [-0.2, -0.15) is 0 Å². The topological polar surface area (TPSA) is 47.4 Å². The maximum Gasteiger partial charge on any atom is 0.222 e. The van der Waals surface area contributed by atoms with Crippen LogP contribution >= 0.6 is 0 Å². The Balaban J connectivity index is 1.51. The summed E-state index contributed by atoms with van der Waals surface area (Å²) in [5, 5.41) is 0. The minimum absolute atomic E-state index is 0.00530. The lowest BCUT2D eigenvalue weighted by molar-refractivity contribution is -0.130. The molecule has 3 rings (SSSR count). The third kappa shape index (κ3) is 3.28. The Bertz CT molecular complexity index is 491. The molecule has 0 aromatic carbocycles. The predicted octanol–water partition coefficient (Wildman–Crippen LogP) is 2.14. The number of hydrogen-bond donors (Lipinski definition) is 0. The second kappa shape index (κ2) is 6.18. The smallest absolute Gasteiger partial charge is 0.222 e. The van der Waals surface area contributed by atoms with Crippen LogP contribution in [-0.2, 0) is 16.1 Å². The summed E-state index contributed by atoms with van der Waals surface area (Å²) in [6, 6.07) is 0. The summed E-state index contributed by atoms with van der Waals surface area (Å²) in [5.74, 6) is 1.33. The van der Waals surface area contributed by atoms with Crippen molar-refractivity contribution in [3.8, 4) is 0 Å². The van der Waals surface area contributed by atoms with Gasteiger partial charge in [-0.05, 0) is 39.0 Å². The highest BCUT2D eigenvalue weighted by molar-refractivity contribution is 5.76. The van der Waals surface area contributed by atoms with Crippen LogP contribution in [0.5, 0.6) is 0 Å². The standard InChI is InChI=1S/C16H25N3O2/c1-14-17-8-12-18(14)9-3-10-19-11-7-16(5-2-13-21-16)6-4-15(19)20/h8,12H,2-7,9-11,13H2,1H3. The highest BCUT2D eigenvalue weighted by Crippen LogP contribution is 2.35. The summed E-state index contributed by atoms with van der Waals surface area (Å²) in [6.45, 7) is 5.50. The molecule has 1 spiro atoms. The molecular formula is C16H25N3O2. The molecule has 1 amide bonds. The van der Waals surface area contributed by atoms with Crippen molar-refractivity contribution in [2.45, 2.75) is 57.6 Å². The molecule has 5 nitrogen and oxygen atoms in total. The molecule has 0 N–H and O–H groups in total. The lowest BCUT2D eigenvalue weighted by atomic mass is 9.92. The number of nitrogens with zero attached hydrogens (tertiary/aromatic N) is 3. The first-order chi connectivity index (χ1) is 10.2. The molecular weight excluding hydrogens is 266 g/mol. The van der Waals surface area contributed by atoms with E-state index in [4.69, 9.17) is 4.74 Å². The highest BCUT2D eigenvalue weighted by atomic mass is 16.5. The zero-order valence-electron chi connectivity index (χ0n) is 12.9. The molecule has 1 atom stereocenters. The van der Waals surface area contributed by atoms with Crippen LogP contribution in [0, 0.1) is 6.92 Å². The fourth-order valence-electron chi connectivity index (χ4n) is 3.54. The summed E-state index contributed by atoms with van der Waals surface area (Å²) in [5.41, 5.74) is 0.00530. The average Bonchev–Trinajstić information content (AvgIpc) is 3.06. The van der Waals surface area contributed by atoms with Crippen LogP contribution in [-0.4, -0.2) is 45.7 Å². The van der Waals surface area contributed by atoms with E-state index in [-0.39, 0.29) is 5.60 Å². The summed E-state index contributed by atoms with van der Waals surface area (Å²) >= 11 is 0. The van der Waals surface area contributed by atoms with Crippen LogP contribution in [0.4, 0.5) is 0 Å². The van der Waals surface area contributed by atoms with E-state index in [2.05, 4.69) is 9.55 Å². The summed E-state index contributed by atoms with van der Waals surface area (Å²) in [4.78, 5) is 18.5. The second-order valence-electron chi connectivity index (χ2n) is 6.29. The minimum atomic E-state index is 0.00530. The van der Waals surface area contributed by atoms with Crippen molar-refractivity contribution in [1.82, 2.24) is 14.5 Å². The first kappa shape index (κ1) is 14.6. The van der Waals surface area contributed by atoms with E-state index in [9.17, 15) is 4.79 Å². The maximum absolute atomic E-state index is 12.3. The van der Waals surface area contributed by atoms with Crippen LogP contribution < -0.4 is 0 Å². The zero-order chi connectivity index (χ0) is 14.7. The second-order valence-corrected chi connectivity index (χ2v) is 6.29. The van der Waals surface area contributed by atoms with Gasteiger partial charge in [-0.25, -0.2) is 4.98 Å². The summed E-state index contributed by atoms with van der Waals surface area (Å²) in [7, 11) is 0. The number of aromatic nitrogens is 2. The van der Waals surface area contributed by atoms with Gasteiger partial charge in [0.2, 0.25) is 5.91 Å². The van der Waals surface area contributed by atoms with Crippen molar-refractivity contribution in [2.75, 3.05) is 19.7 Å². The fraction of sp³-hybridized carbons (Fsp3) is 0.750. The van der Waals surface area contributed by atoms with E-state index in [0.717, 1.165) is 64.2 Å². The van der Waals surface area contributed by atoms with Gasteiger partial charge in [0.1, 0.15) is 5.82 Å². The van der Waals surface area contributed by atoms with Crippen LogP contribution in [0.2, 0.25) is 0 Å². The molecule has 1 aromatic rings. The molecule has 2 aliphatic rings. The molecule has 21 heavy (non-hydrogen) atoms. The van der Waals surface area contributed by atoms with Crippen molar-refractivity contribution >= 4 is 5.91 Å². The Hall–Kier alpha value is -1.36. The number of likely N-dealkylation sites (tertiary alicyclic amines) is 1. The first-order valence-corrected chi connectivity index (χ1v) is 8.08. The van der Waals surface area contributed by atoms with Gasteiger partial charge in [0.15, 0.2) is 0 Å². The number of carbonyl (C=O) groups is 1. The quantitative estimate of drug-likeness (QED) is 0.854. The van der Waals surface area contributed by atoms with Crippen molar-refractivity contribution in [1.29, 1.82) is 0 Å². The van der Waals surface area contributed by atoms with Gasteiger partial charge in [-0.1, -0.05) is 0 Å². The van der Waals surface area contributed by atoms with E-state index < -0.39 is 0 Å². The molecule has 3 heterocycles. The number of amides is 1. The van der Waals surface area contributed by atoms with Crippen molar-refractivity contribution < 1.29 is 9.53 Å². The third-order valence-corrected chi connectivity index (χ3v) is 4.92. The molecule has 0 radical (unpaired) electrons. The Morgan fingerprint density at radius 2 is 2.24 bits per heavy atom.